The van der Waals surface area contributed by atoms with E-state index in [0.717, 1.165) is 0 Å². The summed E-state index contributed by atoms with van der Waals surface area (Å²) in [5.41, 5.74) is 1.12. The number of non-ortho nitro benzene ring substituents is 1. The van der Waals surface area contributed by atoms with Gasteiger partial charge in [0.05, 0.1) is 23.3 Å². The Morgan fingerprint density at radius 2 is 1.88 bits per heavy atom. The van der Waals surface area contributed by atoms with Crippen LogP contribution in [0, 0.1) is 10.1 Å². The monoisotopic (exact) mass is 337 g/mol. The average molecular weight is 337 g/mol. The van der Waals surface area contributed by atoms with Gasteiger partial charge in [-0.25, -0.2) is 0 Å². The summed E-state index contributed by atoms with van der Waals surface area (Å²) in [6.07, 6.45) is 1.55. The van der Waals surface area contributed by atoms with Gasteiger partial charge in [-0.3, -0.25) is 14.9 Å². The summed E-state index contributed by atoms with van der Waals surface area (Å²) in [6, 6.07) is 16.6. The number of anilines is 2. The van der Waals surface area contributed by atoms with Gasteiger partial charge >= 0.3 is 0 Å². The molecule has 0 fully saturated rings. The largest absolute Gasteiger partial charge is 0.467 e. The van der Waals surface area contributed by atoms with E-state index in [2.05, 4.69) is 10.6 Å². The van der Waals surface area contributed by atoms with E-state index in [0.29, 0.717) is 23.7 Å². The molecule has 2 aromatic carbocycles. The number of nitrogens with one attached hydrogen (secondary N) is 2. The fourth-order valence-electron chi connectivity index (χ4n) is 2.30. The van der Waals surface area contributed by atoms with Crippen LogP contribution in [0.25, 0.3) is 0 Å². The van der Waals surface area contributed by atoms with Crippen molar-refractivity contribution in [2.75, 3.05) is 10.6 Å². The summed E-state index contributed by atoms with van der Waals surface area (Å²) in [5, 5.41) is 16.8. The predicted molar refractivity (Wildman–Crippen MR) is 93.5 cm³/mol. The van der Waals surface area contributed by atoms with E-state index in [4.69, 9.17) is 4.42 Å². The number of benzene rings is 2. The number of amides is 1. The van der Waals surface area contributed by atoms with Gasteiger partial charge in [-0.2, -0.15) is 0 Å². The van der Waals surface area contributed by atoms with Crippen LogP contribution in [-0.4, -0.2) is 10.8 Å². The van der Waals surface area contributed by atoms with Gasteiger partial charge in [0, 0.05) is 23.5 Å². The maximum absolute atomic E-state index is 12.6. The molecule has 0 saturated heterocycles. The van der Waals surface area contributed by atoms with Gasteiger partial charge in [-0.1, -0.05) is 18.2 Å². The molecule has 1 heterocycles. The molecule has 7 nitrogen and oxygen atoms in total. The molecule has 0 atom stereocenters. The van der Waals surface area contributed by atoms with E-state index in [1.54, 1.807) is 42.7 Å². The lowest BCUT2D eigenvalue weighted by Gasteiger charge is -2.11. The highest BCUT2D eigenvalue weighted by atomic mass is 16.6. The Bertz CT molecular complexity index is 877. The summed E-state index contributed by atoms with van der Waals surface area (Å²) in [5.74, 6) is 0.254. The van der Waals surface area contributed by atoms with E-state index in [1.165, 1.54) is 18.2 Å². The lowest BCUT2D eigenvalue weighted by atomic mass is 10.1. The van der Waals surface area contributed by atoms with Crippen molar-refractivity contribution >= 4 is 23.0 Å². The van der Waals surface area contributed by atoms with Crippen LogP contribution in [0.2, 0.25) is 0 Å². The van der Waals surface area contributed by atoms with Crippen LogP contribution in [0.4, 0.5) is 17.1 Å². The Labute approximate surface area is 143 Å². The number of rotatable bonds is 6. The average Bonchev–Trinajstić information content (AvgIpc) is 3.14. The number of carbonyl (C=O) groups excluding carboxylic acids is 1. The highest BCUT2D eigenvalue weighted by molar-refractivity contribution is 6.08. The number of furan rings is 1. The van der Waals surface area contributed by atoms with Crippen molar-refractivity contribution in [3.63, 3.8) is 0 Å². The van der Waals surface area contributed by atoms with Crippen molar-refractivity contribution in [3.05, 3.63) is 88.4 Å². The second-order valence-corrected chi connectivity index (χ2v) is 5.24. The number of carbonyl (C=O) groups is 1. The third-order valence-electron chi connectivity index (χ3n) is 3.52. The minimum absolute atomic E-state index is 0.151. The molecule has 0 bridgehead atoms. The number of nitro groups is 1. The maximum atomic E-state index is 12.6. The molecule has 0 radical (unpaired) electrons. The first-order chi connectivity index (χ1) is 12.1. The van der Waals surface area contributed by atoms with E-state index >= 15 is 0 Å². The first kappa shape index (κ1) is 16.3. The molecule has 1 amide bonds. The molecule has 3 aromatic rings. The second kappa shape index (κ2) is 7.31. The second-order valence-electron chi connectivity index (χ2n) is 5.24. The van der Waals surface area contributed by atoms with Crippen molar-refractivity contribution in [1.82, 2.24) is 0 Å². The van der Waals surface area contributed by atoms with E-state index < -0.39 is 10.8 Å². The third-order valence-corrected chi connectivity index (χ3v) is 3.52. The van der Waals surface area contributed by atoms with E-state index in [1.807, 2.05) is 6.07 Å². The number of para-hydroxylation sites is 1. The van der Waals surface area contributed by atoms with Crippen molar-refractivity contribution < 1.29 is 14.1 Å². The standard InChI is InChI=1S/C18H15N3O4/c22-18(20-13-5-2-1-3-6-13)16-11-14(21(23)24)8-9-17(16)19-12-15-7-4-10-25-15/h1-11,19H,12H2,(H,20,22). The molecule has 0 aliphatic carbocycles. The number of hydrogen-bond donors (Lipinski definition) is 2. The molecule has 3 rings (SSSR count). The molecular formula is C18H15N3O4. The van der Waals surface area contributed by atoms with Crippen LogP contribution in [0.15, 0.2) is 71.3 Å². The Kier molecular flexibility index (Phi) is 4.75. The molecule has 0 spiro atoms. The first-order valence-corrected chi connectivity index (χ1v) is 7.54. The van der Waals surface area contributed by atoms with Crippen molar-refractivity contribution in [2.24, 2.45) is 0 Å². The number of nitrogens with zero attached hydrogens (tertiary/aromatic N) is 1. The molecule has 25 heavy (non-hydrogen) atoms. The summed E-state index contributed by atoms with van der Waals surface area (Å²) in [7, 11) is 0. The van der Waals surface area contributed by atoms with Gasteiger partial charge in [-0.05, 0) is 30.3 Å². The van der Waals surface area contributed by atoms with Gasteiger partial charge in [0.2, 0.25) is 0 Å². The van der Waals surface area contributed by atoms with E-state index in [9.17, 15) is 14.9 Å². The maximum Gasteiger partial charge on any atom is 0.270 e. The van der Waals surface area contributed by atoms with Gasteiger partial charge in [-0.15, -0.1) is 0 Å². The summed E-state index contributed by atoms with van der Waals surface area (Å²) >= 11 is 0. The van der Waals surface area contributed by atoms with E-state index in [-0.39, 0.29) is 11.3 Å². The zero-order valence-corrected chi connectivity index (χ0v) is 13.1. The smallest absolute Gasteiger partial charge is 0.270 e. The van der Waals surface area contributed by atoms with Gasteiger partial charge in [0.1, 0.15) is 5.76 Å². The predicted octanol–water partition coefficient (Wildman–Crippen LogP) is 4.05. The van der Waals surface area contributed by atoms with Crippen molar-refractivity contribution in [3.8, 4) is 0 Å². The number of nitro benzene ring substituents is 1. The molecule has 1 aromatic heterocycles. The molecule has 0 aliphatic rings. The van der Waals surface area contributed by atoms with Crippen LogP contribution in [-0.2, 0) is 6.54 Å². The Hall–Kier alpha value is -3.61. The fourth-order valence-corrected chi connectivity index (χ4v) is 2.30. The topological polar surface area (TPSA) is 97.4 Å². The first-order valence-electron chi connectivity index (χ1n) is 7.54. The quantitative estimate of drug-likeness (QED) is 0.522. The van der Waals surface area contributed by atoms with Crippen LogP contribution in [0.1, 0.15) is 16.1 Å². The molecule has 0 saturated carbocycles. The minimum Gasteiger partial charge on any atom is -0.467 e. The number of hydrogen-bond acceptors (Lipinski definition) is 5. The zero-order chi connectivity index (χ0) is 17.6. The van der Waals surface area contributed by atoms with Crippen LogP contribution in [0.5, 0.6) is 0 Å². The lowest BCUT2D eigenvalue weighted by Crippen LogP contribution is -2.15. The Morgan fingerprint density at radius 3 is 2.56 bits per heavy atom. The zero-order valence-electron chi connectivity index (χ0n) is 13.1. The van der Waals surface area contributed by atoms with Crippen LogP contribution >= 0.6 is 0 Å². The summed E-state index contributed by atoms with van der Waals surface area (Å²) in [4.78, 5) is 23.1. The molecule has 7 heteroatoms. The highest BCUT2D eigenvalue weighted by Crippen LogP contribution is 2.24. The van der Waals surface area contributed by atoms with Gasteiger partial charge in [0.25, 0.3) is 11.6 Å². The molecular weight excluding hydrogens is 322 g/mol. The van der Waals surface area contributed by atoms with Gasteiger partial charge < -0.3 is 15.1 Å². The van der Waals surface area contributed by atoms with Gasteiger partial charge in [0.15, 0.2) is 0 Å². The molecule has 2 N–H and O–H groups in total. The fraction of sp³-hybridized carbons (Fsp3) is 0.0556. The highest BCUT2D eigenvalue weighted by Gasteiger charge is 2.17. The molecule has 126 valence electrons. The normalized spacial score (nSPS) is 10.2. The molecule has 0 aliphatic heterocycles. The Balaban J connectivity index is 1.86. The minimum atomic E-state index is -0.532. The Morgan fingerprint density at radius 1 is 1.08 bits per heavy atom. The summed E-state index contributed by atoms with van der Waals surface area (Å²) < 4.78 is 5.24. The lowest BCUT2D eigenvalue weighted by molar-refractivity contribution is -0.384. The van der Waals surface area contributed by atoms with Crippen molar-refractivity contribution in [1.29, 1.82) is 0 Å². The summed E-state index contributed by atoms with van der Waals surface area (Å²) in [6.45, 7) is 0.358. The van der Waals surface area contributed by atoms with Crippen molar-refractivity contribution in [2.45, 2.75) is 6.54 Å². The SMILES string of the molecule is O=C(Nc1ccccc1)c1cc([N+](=O)[O-])ccc1NCc1ccco1. The van der Waals surface area contributed by atoms with Crippen LogP contribution in [0.3, 0.4) is 0 Å². The molecule has 0 unspecified atom stereocenters. The third kappa shape index (κ3) is 4.03. The van der Waals surface area contributed by atoms with Crippen LogP contribution < -0.4 is 10.6 Å².